The van der Waals surface area contributed by atoms with Gasteiger partial charge in [0.25, 0.3) is 0 Å². The van der Waals surface area contributed by atoms with Crippen LogP contribution in [0.4, 0.5) is 11.5 Å². The highest BCUT2D eigenvalue weighted by atomic mass is 35.5. The standard InChI is InChI=1S/C11H7Cl3N4S/c12-5-3-7(14)8(4-6(5)13)18-11-9(10(15)19)16-1-2-17-11/h1-4H,(H2,15,19)(H,17,18). The Hall–Kier alpha value is -1.14. The molecular weight excluding hydrogens is 327 g/mol. The maximum Gasteiger partial charge on any atom is 0.159 e. The van der Waals surface area contributed by atoms with Gasteiger partial charge in [0, 0.05) is 12.4 Å². The number of nitrogens with one attached hydrogen (secondary N) is 1. The summed E-state index contributed by atoms with van der Waals surface area (Å²) < 4.78 is 0. The zero-order chi connectivity index (χ0) is 14.0. The first kappa shape index (κ1) is 14.3. The Balaban J connectivity index is 2.42. The smallest absolute Gasteiger partial charge is 0.159 e. The summed E-state index contributed by atoms with van der Waals surface area (Å²) >= 11 is 22.8. The van der Waals surface area contributed by atoms with Crippen molar-refractivity contribution in [1.29, 1.82) is 0 Å². The molecule has 0 aliphatic rings. The molecule has 3 N–H and O–H groups in total. The molecule has 0 bridgehead atoms. The van der Waals surface area contributed by atoms with E-state index < -0.39 is 0 Å². The highest BCUT2D eigenvalue weighted by Crippen LogP contribution is 2.33. The van der Waals surface area contributed by atoms with Crippen molar-refractivity contribution in [2.75, 3.05) is 5.32 Å². The molecule has 1 aromatic heterocycles. The Labute approximate surface area is 129 Å². The average molecular weight is 334 g/mol. The van der Waals surface area contributed by atoms with Crippen LogP contribution in [0.15, 0.2) is 24.5 Å². The van der Waals surface area contributed by atoms with Gasteiger partial charge in [-0.2, -0.15) is 0 Å². The van der Waals surface area contributed by atoms with Gasteiger partial charge in [0.1, 0.15) is 10.7 Å². The second-order valence-corrected chi connectivity index (χ2v) is 5.15. The highest BCUT2D eigenvalue weighted by Gasteiger charge is 2.11. The fraction of sp³-hybridized carbons (Fsp3) is 0. The Bertz CT molecular complexity index is 648. The minimum Gasteiger partial charge on any atom is -0.388 e. The van der Waals surface area contributed by atoms with Crippen LogP contribution in [-0.2, 0) is 0 Å². The molecule has 0 saturated carbocycles. The number of thiocarbonyl (C=S) groups is 1. The first-order valence-corrected chi connectivity index (χ1v) is 6.55. The number of benzene rings is 1. The predicted molar refractivity (Wildman–Crippen MR) is 82.7 cm³/mol. The maximum absolute atomic E-state index is 6.07. The molecule has 0 atom stereocenters. The van der Waals surface area contributed by atoms with Crippen molar-refractivity contribution >= 4 is 63.5 Å². The van der Waals surface area contributed by atoms with Gasteiger partial charge >= 0.3 is 0 Å². The normalized spacial score (nSPS) is 10.3. The van der Waals surface area contributed by atoms with Crippen molar-refractivity contribution in [3.05, 3.63) is 45.3 Å². The molecule has 2 aromatic rings. The summed E-state index contributed by atoms with van der Waals surface area (Å²) in [6.07, 6.45) is 3.01. The lowest BCUT2D eigenvalue weighted by atomic mass is 10.3. The van der Waals surface area contributed by atoms with E-state index in [0.717, 1.165) is 0 Å². The zero-order valence-corrected chi connectivity index (χ0v) is 12.4. The number of nitrogens with two attached hydrogens (primary N) is 1. The molecule has 4 nitrogen and oxygen atoms in total. The molecule has 0 radical (unpaired) electrons. The molecule has 19 heavy (non-hydrogen) atoms. The monoisotopic (exact) mass is 332 g/mol. The average Bonchev–Trinajstić information content (AvgIpc) is 2.36. The minimum atomic E-state index is 0.131. The number of hydrogen-bond donors (Lipinski definition) is 2. The van der Waals surface area contributed by atoms with E-state index in [1.807, 2.05) is 0 Å². The van der Waals surface area contributed by atoms with Gasteiger partial charge in [0.05, 0.1) is 20.8 Å². The van der Waals surface area contributed by atoms with Crippen molar-refractivity contribution in [2.24, 2.45) is 5.73 Å². The van der Waals surface area contributed by atoms with Gasteiger partial charge in [-0.15, -0.1) is 0 Å². The summed E-state index contributed by atoms with van der Waals surface area (Å²) in [6, 6.07) is 3.12. The van der Waals surface area contributed by atoms with Gasteiger partial charge in [-0.3, -0.25) is 0 Å². The number of halogens is 3. The van der Waals surface area contributed by atoms with Crippen LogP contribution in [0.2, 0.25) is 15.1 Å². The van der Waals surface area contributed by atoms with Crippen molar-refractivity contribution in [3.8, 4) is 0 Å². The summed E-state index contributed by atoms with van der Waals surface area (Å²) in [7, 11) is 0. The molecule has 1 aromatic carbocycles. The van der Waals surface area contributed by atoms with Gasteiger partial charge in [0.2, 0.25) is 0 Å². The van der Waals surface area contributed by atoms with Gasteiger partial charge in [-0.05, 0) is 12.1 Å². The van der Waals surface area contributed by atoms with Crippen LogP contribution in [0.3, 0.4) is 0 Å². The summed E-state index contributed by atoms with van der Waals surface area (Å²) in [4.78, 5) is 8.29. The van der Waals surface area contributed by atoms with Crippen molar-refractivity contribution in [2.45, 2.75) is 0 Å². The topological polar surface area (TPSA) is 63.8 Å². The number of aromatic nitrogens is 2. The molecule has 0 amide bonds. The fourth-order valence-corrected chi connectivity index (χ4v) is 2.10. The van der Waals surface area contributed by atoms with Crippen molar-refractivity contribution in [3.63, 3.8) is 0 Å². The lowest BCUT2D eigenvalue weighted by molar-refractivity contribution is 1.18. The molecule has 1 heterocycles. The predicted octanol–water partition coefficient (Wildman–Crippen LogP) is 3.81. The summed E-state index contributed by atoms with van der Waals surface area (Å²) in [5, 5.41) is 4.11. The Morgan fingerprint density at radius 3 is 2.37 bits per heavy atom. The highest BCUT2D eigenvalue weighted by molar-refractivity contribution is 7.80. The van der Waals surface area contributed by atoms with Crippen LogP contribution in [0, 0.1) is 0 Å². The molecular formula is C11H7Cl3N4S. The molecule has 2 rings (SSSR count). The lowest BCUT2D eigenvalue weighted by Gasteiger charge is -2.11. The second kappa shape index (κ2) is 5.88. The molecule has 0 unspecified atom stereocenters. The molecule has 0 spiro atoms. The second-order valence-electron chi connectivity index (χ2n) is 3.49. The number of nitrogens with zero attached hydrogens (tertiary/aromatic N) is 2. The molecule has 0 fully saturated rings. The molecule has 0 aliphatic heterocycles. The molecule has 98 valence electrons. The fourth-order valence-electron chi connectivity index (χ4n) is 1.36. The number of hydrogen-bond acceptors (Lipinski definition) is 4. The molecule has 8 heteroatoms. The molecule has 0 saturated heterocycles. The summed E-state index contributed by atoms with van der Waals surface area (Å²) in [6.45, 7) is 0. The Kier molecular flexibility index (Phi) is 4.42. The first-order chi connectivity index (χ1) is 8.99. The van der Waals surface area contributed by atoms with Crippen LogP contribution < -0.4 is 11.1 Å². The quantitative estimate of drug-likeness (QED) is 0.660. The minimum absolute atomic E-state index is 0.131. The van der Waals surface area contributed by atoms with E-state index in [-0.39, 0.29) is 4.99 Å². The maximum atomic E-state index is 6.07. The van der Waals surface area contributed by atoms with Crippen LogP contribution >= 0.6 is 47.0 Å². The van der Waals surface area contributed by atoms with E-state index >= 15 is 0 Å². The van der Waals surface area contributed by atoms with E-state index in [0.29, 0.717) is 32.3 Å². The third kappa shape index (κ3) is 3.25. The summed E-state index contributed by atoms with van der Waals surface area (Å²) in [5.74, 6) is 0.398. The third-order valence-corrected chi connectivity index (χ3v) is 3.42. The van der Waals surface area contributed by atoms with E-state index in [2.05, 4.69) is 15.3 Å². The molecule has 0 aliphatic carbocycles. The van der Waals surface area contributed by atoms with Crippen molar-refractivity contribution in [1.82, 2.24) is 9.97 Å². The van der Waals surface area contributed by atoms with E-state index in [9.17, 15) is 0 Å². The SMILES string of the molecule is NC(=S)c1nccnc1Nc1cc(Cl)c(Cl)cc1Cl. The first-order valence-electron chi connectivity index (χ1n) is 5.01. The van der Waals surface area contributed by atoms with Gasteiger partial charge < -0.3 is 11.1 Å². The third-order valence-electron chi connectivity index (χ3n) is 2.19. The van der Waals surface area contributed by atoms with E-state index in [4.69, 9.17) is 52.8 Å². The Morgan fingerprint density at radius 2 is 1.68 bits per heavy atom. The van der Waals surface area contributed by atoms with E-state index in [1.165, 1.54) is 18.5 Å². The van der Waals surface area contributed by atoms with Crippen molar-refractivity contribution < 1.29 is 0 Å². The summed E-state index contributed by atoms with van der Waals surface area (Å²) in [5.41, 5.74) is 6.48. The van der Waals surface area contributed by atoms with E-state index in [1.54, 1.807) is 6.07 Å². The van der Waals surface area contributed by atoms with Crippen LogP contribution in [0.25, 0.3) is 0 Å². The van der Waals surface area contributed by atoms with Crippen LogP contribution in [-0.4, -0.2) is 15.0 Å². The van der Waals surface area contributed by atoms with Gasteiger partial charge in [-0.25, -0.2) is 9.97 Å². The van der Waals surface area contributed by atoms with Gasteiger partial charge in [0.15, 0.2) is 5.82 Å². The number of rotatable bonds is 3. The van der Waals surface area contributed by atoms with Gasteiger partial charge in [-0.1, -0.05) is 47.0 Å². The van der Waals surface area contributed by atoms with Crippen LogP contribution in [0.1, 0.15) is 5.69 Å². The van der Waals surface area contributed by atoms with Crippen LogP contribution in [0.5, 0.6) is 0 Å². The Morgan fingerprint density at radius 1 is 1.05 bits per heavy atom. The zero-order valence-electron chi connectivity index (χ0n) is 9.32. The number of anilines is 2. The largest absolute Gasteiger partial charge is 0.388 e. The lowest BCUT2D eigenvalue weighted by Crippen LogP contribution is -2.15.